The first kappa shape index (κ1) is 9.06. The van der Waals surface area contributed by atoms with Gasteiger partial charge < -0.3 is 9.47 Å². The van der Waals surface area contributed by atoms with Crippen molar-refractivity contribution in [2.24, 2.45) is 7.05 Å². The Morgan fingerprint density at radius 3 is 2.58 bits per heavy atom. The van der Waals surface area contributed by atoms with Gasteiger partial charge in [0.1, 0.15) is 0 Å². The first-order valence-corrected chi connectivity index (χ1v) is 3.79. The molecule has 0 saturated carbocycles. The summed E-state index contributed by atoms with van der Waals surface area (Å²) in [7, 11) is 5.14. The lowest BCUT2D eigenvalue weighted by Crippen LogP contribution is -2.03. The predicted molar refractivity (Wildman–Crippen MR) is 45.2 cm³/mol. The quantitative estimate of drug-likeness (QED) is 0.682. The lowest BCUT2D eigenvalue weighted by molar-refractivity contribution is 0.112. The Morgan fingerprint density at radius 1 is 1.50 bits per heavy atom. The van der Waals surface area contributed by atoms with Crippen LogP contribution in [-0.4, -0.2) is 24.0 Å². The summed E-state index contributed by atoms with van der Waals surface area (Å²) in [5.74, 6) is 0.622. The molecule has 0 aliphatic heterocycles. The van der Waals surface area contributed by atoms with Crippen molar-refractivity contribution in [3.05, 3.63) is 11.8 Å². The third-order valence-electron chi connectivity index (χ3n) is 1.87. The van der Waals surface area contributed by atoms with Crippen LogP contribution in [0.2, 0.25) is 0 Å². The highest BCUT2D eigenvalue weighted by Gasteiger charge is 2.11. The molecule has 1 atom stereocenters. The fraction of sp³-hybridized carbons (Fsp3) is 0.625. The molecule has 4 nitrogen and oxygen atoms in total. The molecule has 0 N–H and O–H groups in total. The van der Waals surface area contributed by atoms with E-state index < -0.39 is 0 Å². The molecule has 0 aliphatic rings. The van der Waals surface area contributed by atoms with Gasteiger partial charge in [0.25, 0.3) is 0 Å². The predicted octanol–water partition coefficient (Wildman–Crippen LogP) is 1.14. The standard InChI is InChI=1S/C8H14N2O2/c1-6(11-3)7-5-8(12-4)9-10(7)2/h5-6H,1-4H3. The first-order chi connectivity index (χ1) is 5.69. The molecule has 0 amide bonds. The summed E-state index contributed by atoms with van der Waals surface area (Å²) in [4.78, 5) is 0. The molecule has 0 aliphatic carbocycles. The fourth-order valence-corrected chi connectivity index (χ4v) is 1.06. The van der Waals surface area contributed by atoms with E-state index in [1.807, 2.05) is 20.0 Å². The van der Waals surface area contributed by atoms with Gasteiger partial charge in [-0.2, -0.15) is 0 Å². The van der Waals surface area contributed by atoms with Crippen LogP contribution in [-0.2, 0) is 11.8 Å². The number of aryl methyl sites for hydroxylation is 1. The smallest absolute Gasteiger partial charge is 0.232 e. The molecular weight excluding hydrogens is 156 g/mol. The van der Waals surface area contributed by atoms with E-state index in [1.54, 1.807) is 18.9 Å². The van der Waals surface area contributed by atoms with Gasteiger partial charge in [0, 0.05) is 20.2 Å². The summed E-state index contributed by atoms with van der Waals surface area (Å²) in [5, 5.41) is 4.11. The Hall–Kier alpha value is -1.03. The highest BCUT2D eigenvalue weighted by molar-refractivity contribution is 5.16. The molecule has 1 rings (SSSR count). The van der Waals surface area contributed by atoms with Gasteiger partial charge in [-0.3, -0.25) is 4.68 Å². The maximum absolute atomic E-state index is 5.16. The number of methoxy groups -OCH3 is 2. The average molecular weight is 170 g/mol. The molecule has 0 radical (unpaired) electrons. The number of aromatic nitrogens is 2. The van der Waals surface area contributed by atoms with Crippen molar-refractivity contribution in [2.45, 2.75) is 13.0 Å². The first-order valence-electron chi connectivity index (χ1n) is 3.79. The van der Waals surface area contributed by atoms with Gasteiger partial charge in [-0.25, -0.2) is 0 Å². The number of ether oxygens (including phenoxy) is 2. The van der Waals surface area contributed by atoms with Gasteiger partial charge in [0.2, 0.25) is 5.88 Å². The Morgan fingerprint density at radius 2 is 2.17 bits per heavy atom. The second kappa shape index (κ2) is 3.58. The monoisotopic (exact) mass is 170 g/mol. The van der Waals surface area contributed by atoms with Crippen LogP contribution in [0.5, 0.6) is 5.88 Å². The summed E-state index contributed by atoms with van der Waals surface area (Å²) in [5.41, 5.74) is 1.01. The van der Waals surface area contributed by atoms with E-state index in [9.17, 15) is 0 Å². The van der Waals surface area contributed by atoms with Crippen molar-refractivity contribution in [3.8, 4) is 5.88 Å². The number of rotatable bonds is 3. The van der Waals surface area contributed by atoms with Crippen molar-refractivity contribution in [1.29, 1.82) is 0 Å². The number of hydrogen-bond donors (Lipinski definition) is 0. The third-order valence-corrected chi connectivity index (χ3v) is 1.87. The molecule has 1 unspecified atom stereocenters. The molecule has 1 aromatic rings. The van der Waals surface area contributed by atoms with Crippen LogP contribution >= 0.6 is 0 Å². The van der Waals surface area contributed by atoms with Crippen molar-refractivity contribution >= 4 is 0 Å². The van der Waals surface area contributed by atoms with E-state index in [2.05, 4.69) is 5.10 Å². The molecule has 0 fully saturated rings. The summed E-state index contributed by atoms with van der Waals surface area (Å²) < 4.78 is 11.9. The van der Waals surface area contributed by atoms with Crippen LogP contribution in [0, 0.1) is 0 Å². The topological polar surface area (TPSA) is 36.3 Å². The van der Waals surface area contributed by atoms with E-state index in [-0.39, 0.29) is 6.10 Å². The second-order valence-corrected chi connectivity index (χ2v) is 2.61. The van der Waals surface area contributed by atoms with Gasteiger partial charge in [-0.1, -0.05) is 0 Å². The Kier molecular flexibility index (Phi) is 2.70. The van der Waals surface area contributed by atoms with Crippen LogP contribution < -0.4 is 4.74 Å². The molecule has 4 heteroatoms. The zero-order valence-corrected chi connectivity index (χ0v) is 7.87. The summed E-state index contributed by atoms with van der Waals surface area (Å²) >= 11 is 0. The second-order valence-electron chi connectivity index (χ2n) is 2.61. The van der Waals surface area contributed by atoms with Gasteiger partial charge in [0.15, 0.2) is 0 Å². The largest absolute Gasteiger partial charge is 0.480 e. The van der Waals surface area contributed by atoms with Crippen LogP contribution in [0.1, 0.15) is 18.7 Å². The highest BCUT2D eigenvalue weighted by atomic mass is 16.5. The van der Waals surface area contributed by atoms with Gasteiger partial charge in [-0.05, 0) is 6.92 Å². The molecule has 0 saturated heterocycles. The molecule has 0 bridgehead atoms. The van der Waals surface area contributed by atoms with E-state index in [0.717, 1.165) is 5.69 Å². The highest BCUT2D eigenvalue weighted by Crippen LogP contribution is 2.19. The van der Waals surface area contributed by atoms with E-state index in [4.69, 9.17) is 9.47 Å². The third kappa shape index (κ3) is 1.58. The SMILES string of the molecule is COc1cc(C(C)OC)n(C)n1. The van der Waals surface area contributed by atoms with Crippen molar-refractivity contribution in [2.75, 3.05) is 14.2 Å². The molecule has 0 spiro atoms. The molecule has 1 heterocycles. The molecule has 0 aromatic carbocycles. The van der Waals surface area contributed by atoms with E-state index >= 15 is 0 Å². The summed E-state index contributed by atoms with van der Waals surface area (Å²) in [6.45, 7) is 1.97. The number of hydrogen-bond acceptors (Lipinski definition) is 3. The Balaban J connectivity index is 2.91. The minimum Gasteiger partial charge on any atom is -0.480 e. The Bertz CT molecular complexity index is 258. The zero-order valence-electron chi connectivity index (χ0n) is 7.87. The van der Waals surface area contributed by atoms with E-state index in [0.29, 0.717) is 5.88 Å². The molecule has 68 valence electrons. The van der Waals surface area contributed by atoms with Gasteiger partial charge >= 0.3 is 0 Å². The minimum atomic E-state index is 0.0476. The summed E-state index contributed by atoms with van der Waals surface area (Å²) in [6, 6.07) is 1.87. The lowest BCUT2D eigenvalue weighted by atomic mass is 10.3. The zero-order chi connectivity index (χ0) is 9.14. The van der Waals surface area contributed by atoms with Crippen LogP contribution in [0.3, 0.4) is 0 Å². The van der Waals surface area contributed by atoms with Crippen LogP contribution in [0.4, 0.5) is 0 Å². The lowest BCUT2D eigenvalue weighted by Gasteiger charge is -2.07. The minimum absolute atomic E-state index is 0.0476. The molecule has 1 aromatic heterocycles. The maximum Gasteiger partial charge on any atom is 0.232 e. The Labute approximate surface area is 72.1 Å². The van der Waals surface area contributed by atoms with Gasteiger partial charge in [-0.15, -0.1) is 5.10 Å². The molecule has 12 heavy (non-hydrogen) atoms. The fourth-order valence-electron chi connectivity index (χ4n) is 1.06. The van der Waals surface area contributed by atoms with Crippen molar-refractivity contribution in [1.82, 2.24) is 9.78 Å². The normalized spacial score (nSPS) is 13.0. The van der Waals surface area contributed by atoms with Crippen molar-refractivity contribution in [3.63, 3.8) is 0 Å². The average Bonchev–Trinajstić information content (AvgIpc) is 2.45. The van der Waals surface area contributed by atoms with Gasteiger partial charge in [0.05, 0.1) is 18.9 Å². The van der Waals surface area contributed by atoms with Crippen molar-refractivity contribution < 1.29 is 9.47 Å². The van der Waals surface area contributed by atoms with Crippen LogP contribution in [0.15, 0.2) is 6.07 Å². The molecular formula is C8H14N2O2. The number of nitrogens with zero attached hydrogens (tertiary/aromatic N) is 2. The maximum atomic E-state index is 5.16. The van der Waals surface area contributed by atoms with Crippen LogP contribution in [0.25, 0.3) is 0 Å². The summed E-state index contributed by atoms with van der Waals surface area (Å²) in [6.07, 6.45) is 0.0476. The van der Waals surface area contributed by atoms with E-state index in [1.165, 1.54) is 0 Å².